The highest BCUT2D eigenvalue weighted by Crippen LogP contribution is 2.11. The van der Waals surface area contributed by atoms with E-state index in [1.165, 1.54) is 31.2 Å². The van der Waals surface area contributed by atoms with Crippen LogP contribution >= 0.6 is 11.8 Å². The van der Waals surface area contributed by atoms with Gasteiger partial charge in [0.25, 0.3) is 0 Å². The number of unbranched alkanes of at least 4 members (excludes halogenated alkanes) is 1. The van der Waals surface area contributed by atoms with Gasteiger partial charge < -0.3 is 80.5 Å². The minimum absolute atomic E-state index is 0.0110. The lowest BCUT2D eigenvalue weighted by Gasteiger charge is -2.28. The van der Waals surface area contributed by atoms with Crippen LogP contribution < -0.4 is 60.2 Å². The van der Waals surface area contributed by atoms with E-state index in [4.69, 9.17) is 22.9 Å². The van der Waals surface area contributed by atoms with E-state index >= 15 is 0 Å². The van der Waals surface area contributed by atoms with E-state index in [1.54, 1.807) is 20.1 Å². The third-order valence-electron chi connectivity index (χ3n) is 10.1. The average molecular weight is 957 g/mol. The van der Waals surface area contributed by atoms with Crippen molar-refractivity contribution in [2.45, 2.75) is 127 Å². The number of amides is 7. The molecule has 372 valence electrons. The molecule has 1 aromatic rings. The summed E-state index contributed by atoms with van der Waals surface area (Å²) in [6, 6.07) is -11.2. The molecular weight excluding hydrogens is 889 g/mol. The first-order valence-electron chi connectivity index (χ1n) is 21.3. The van der Waals surface area contributed by atoms with Crippen LogP contribution in [0.15, 0.2) is 17.5 Å². The lowest BCUT2D eigenvalue weighted by Crippen LogP contribution is -2.61. The Morgan fingerprint density at radius 1 is 0.742 bits per heavy atom. The van der Waals surface area contributed by atoms with Crippen LogP contribution in [0.4, 0.5) is 0 Å². The second-order valence-corrected chi connectivity index (χ2v) is 16.4. The van der Waals surface area contributed by atoms with Gasteiger partial charge in [-0.1, -0.05) is 20.3 Å². The molecule has 0 aromatic carbocycles. The minimum Gasteiger partial charge on any atom is -0.481 e. The lowest BCUT2D eigenvalue weighted by molar-refractivity contribution is -0.142. The van der Waals surface area contributed by atoms with Crippen molar-refractivity contribution in [2.24, 2.45) is 33.8 Å². The first-order chi connectivity index (χ1) is 31.2. The number of nitrogens with zero attached hydrogens (tertiary/aromatic N) is 2. The van der Waals surface area contributed by atoms with Gasteiger partial charge in [0, 0.05) is 24.9 Å². The standard InChI is InChI=1S/C39H68N14O12S/c1-5-20(2)30(53-32(58)23(41)9-8-13-45-39(42)43)37(63)51-27(16-29(55)56)34(60)47-21(3)31(57)52-28(18-54)36(62)48-24(10-6-7-12-40)33(59)50-26(15-22-17-44-19-46-22)35(61)49-25(38(64)65)11-14-66-4/h17,19-21,23-28,30,54H,5-16,18,40-41H2,1-4H3,(H,44,46)(H,47,60)(H,48,62)(H,49,61)(H,50,59)(H,51,63)(H,52,57)(H,53,58)(H,55,56)(H,64,65)(H4,42,43,45). The van der Waals surface area contributed by atoms with Gasteiger partial charge in [-0.2, -0.15) is 11.8 Å². The number of aromatic nitrogens is 2. The molecule has 7 amide bonds. The number of H-pyrrole nitrogens is 1. The fraction of sp³-hybridized carbons (Fsp3) is 0.667. The Morgan fingerprint density at radius 3 is 1.89 bits per heavy atom. The van der Waals surface area contributed by atoms with E-state index in [-0.39, 0.29) is 44.7 Å². The SMILES string of the molecule is CCC(C)C(NC(=O)C(N)CCCN=C(N)N)C(=O)NC(CC(=O)O)C(=O)NC(C)C(=O)NC(CO)C(=O)NC(CCCCN)C(=O)NC(Cc1cnc[nH]1)C(=O)NC(CCSC)C(=O)O. The molecule has 0 saturated heterocycles. The summed E-state index contributed by atoms with van der Waals surface area (Å²) in [6.07, 6.45) is 5.16. The number of nitrogens with two attached hydrogens (primary N) is 4. The Balaban J connectivity index is 3.16. The number of aliphatic hydroxyl groups is 1. The maximum Gasteiger partial charge on any atom is 0.326 e. The highest BCUT2D eigenvalue weighted by Gasteiger charge is 2.35. The summed E-state index contributed by atoms with van der Waals surface area (Å²) in [6.45, 7) is 4.01. The number of hydrogen-bond acceptors (Lipinski definition) is 15. The molecule has 0 fully saturated rings. The zero-order valence-corrected chi connectivity index (χ0v) is 38.5. The molecule has 66 heavy (non-hydrogen) atoms. The normalized spacial score (nSPS) is 15.1. The fourth-order valence-electron chi connectivity index (χ4n) is 6.03. The minimum atomic E-state index is -1.75. The molecule has 0 saturated carbocycles. The molecule has 9 atom stereocenters. The molecule has 0 spiro atoms. The van der Waals surface area contributed by atoms with E-state index in [2.05, 4.69) is 52.2 Å². The number of aliphatic imine (C=N–C) groups is 1. The predicted molar refractivity (Wildman–Crippen MR) is 242 cm³/mol. The van der Waals surface area contributed by atoms with Gasteiger partial charge in [-0.3, -0.25) is 43.3 Å². The zero-order chi connectivity index (χ0) is 49.9. The number of aliphatic hydroxyl groups excluding tert-OH is 1. The molecule has 1 aromatic heterocycles. The molecule has 0 aliphatic heterocycles. The van der Waals surface area contributed by atoms with Crippen molar-refractivity contribution in [2.75, 3.05) is 31.7 Å². The molecule has 1 rings (SSSR count). The predicted octanol–water partition coefficient (Wildman–Crippen LogP) is -4.77. The van der Waals surface area contributed by atoms with Crippen molar-refractivity contribution in [3.8, 4) is 0 Å². The van der Waals surface area contributed by atoms with Crippen molar-refractivity contribution < 1.29 is 58.5 Å². The molecule has 9 unspecified atom stereocenters. The lowest BCUT2D eigenvalue weighted by atomic mass is 9.97. The summed E-state index contributed by atoms with van der Waals surface area (Å²) in [5.41, 5.74) is 22.7. The van der Waals surface area contributed by atoms with Crippen LogP contribution in [0.25, 0.3) is 0 Å². The van der Waals surface area contributed by atoms with Crippen molar-refractivity contribution in [1.82, 2.24) is 47.2 Å². The van der Waals surface area contributed by atoms with Gasteiger partial charge in [0.2, 0.25) is 41.4 Å². The van der Waals surface area contributed by atoms with Gasteiger partial charge in [0.1, 0.15) is 42.3 Å². The van der Waals surface area contributed by atoms with Gasteiger partial charge >= 0.3 is 11.9 Å². The zero-order valence-electron chi connectivity index (χ0n) is 37.7. The van der Waals surface area contributed by atoms with Crippen LogP contribution in [0.2, 0.25) is 0 Å². The van der Waals surface area contributed by atoms with Gasteiger partial charge in [-0.15, -0.1) is 0 Å². The van der Waals surface area contributed by atoms with Crippen LogP contribution in [0.1, 0.15) is 77.8 Å². The van der Waals surface area contributed by atoms with E-state index in [9.17, 15) is 58.5 Å². The Kier molecular flexibility index (Phi) is 27.2. The maximum atomic E-state index is 13.7. The molecule has 26 nitrogen and oxygen atoms in total. The molecule has 1 heterocycles. The number of rotatable bonds is 33. The van der Waals surface area contributed by atoms with Gasteiger partial charge in [0.15, 0.2) is 5.96 Å². The molecule has 0 radical (unpaired) electrons. The van der Waals surface area contributed by atoms with E-state index in [0.717, 1.165) is 0 Å². The largest absolute Gasteiger partial charge is 0.481 e. The highest BCUT2D eigenvalue weighted by molar-refractivity contribution is 7.98. The summed E-state index contributed by atoms with van der Waals surface area (Å²) < 4.78 is 0. The Morgan fingerprint density at radius 2 is 1.33 bits per heavy atom. The topological polar surface area (TPSA) is 444 Å². The van der Waals surface area contributed by atoms with Crippen LogP contribution in [0, 0.1) is 5.92 Å². The number of carboxylic acid groups (broad SMARTS) is 2. The number of imidazole rings is 1. The van der Waals surface area contributed by atoms with Crippen molar-refractivity contribution >= 4 is 71.0 Å². The van der Waals surface area contributed by atoms with Crippen LogP contribution in [0.5, 0.6) is 0 Å². The first-order valence-corrected chi connectivity index (χ1v) is 22.7. The van der Waals surface area contributed by atoms with Gasteiger partial charge in [0.05, 0.1) is 25.4 Å². The summed E-state index contributed by atoms with van der Waals surface area (Å²) >= 11 is 1.38. The number of carbonyl (C=O) groups is 9. The Bertz CT molecular complexity index is 1790. The second-order valence-electron chi connectivity index (χ2n) is 15.4. The molecule has 19 N–H and O–H groups in total. The molecular formula is C39H68N14O12S. The number of nitrogens with one attached hydrogen (secondary N) is 8. The van der Waals surface area contributed by atoms with E-state index in [1.807, 2.05) is 0 Å². The van der Waals surface area contributed by atoms with Gasteiger partial charge in [-0.05, 0) is 69.9 Å². The van der Waals surface area contributed by atoms with Gasteiger partial charge in [-0.25, -0.2) is 9.78 Å². The van der Waals surface area contributed by atoms with Crippen molar-refractivity contribution in [1.29, 1.82) is 0 Å². The quantitative estimate of drug-likeness (QED) is 0.0179. The number of aromatic amines is 1. The van der Waals surface area contributed by atoms with Crippen LogP contribution in [-0.2, 0) is 49.6 Å². The smallest absolute Gasteiger partial charge is 0.326 e. The van der Waals surface area contributed by atoms with Crippen LogP contribution in [0.3, 0.4) is 0 Å². The summed E-state index contributed by atoms with van der Waals surface area (Å²) in [7, 11) is 0. The first kappa shape index (κ1) is 58.0. The number of hydrogen-bond donors (Lipinski definition) is 15. The average Bonchev–Trinajstić information content (AvgIpc) is 3.78. The summed E-state index contributed by atoms with van der Waals surface area (Å²) in [4.78, 5) is 128. The monoisotopic (exact) mass is 956 g/mol. The molecule has 0 aliphatic carbocycles. The van der Waals surface area contributed by atoms with Crippen molar-refractivity contribution in [3.63, 3.8) is 0 Å². The van der Waals surface area contributed by atoms with E-state index in [0.29, 0.717) is 37.1 Å². The van der Waals surface area contributed by atoms with Crippen LogP contribution in [-0.4, -0.2) is 165 Å². The van der Waals surface area contributed by atoms with E-state index < -0.39 is 121 Å². The number of guanidine groups is 1. The summed E-state index contributed by atoms with van der Waals surface area (Å²) in [5, 5.41) is 46.2. The number of carboxylic acids is 2. The molecule has 0 aliphatic rings. The maximum absolute atomic E-state index is 13.7. The summed E-state index contributed by atoms with van der Waals surface area (Å²) in [5.74, 6) is -9.48. The molecule has 0 bridgehead atoms. The van der Waals surface area contributed by atoms with Crippen molar-refractivity contribution in [3.05, 3.63) is 18.2 Å². The third kappa shape index (κ3) is 21.7. The number of aliphatic carboxylic acids is 2. The Labute approximate surface area is 386 Å². The fourth-order valence-corrected chi connectivity index (χ4v) is 6.50. The number of thioether (sulfide) groups is 1. The highest BCUT2D eigenvalue weighted by atomic mass is 32.2. The Hall–Kier alpha value is -6.06. The molecule has 27 heteroatoms. The second kappa shape index (κ2) is 31.0. The number of carbonyl (C=O) groups excluding carboxylic acids is 7. The third-order valence-corrected chi connectivity index (χ3v) is 10.7.